The SMILES string of the molecule is [B]c1ccc(C(C)(C)CCC)cc1COC(C)=O. The van der Waals surface area contributed by atoms with Crippen LogP contribution >= 0.6 is 0 Å². The smallest absolute Gasteiger partial charge is 0.302 e. The zero-order valence-corrected chi connectivity index (χ0v) is 11.7. The van der Waals surface area contributed by atoms with Crippen molar-refractivity contribution < 1.29 is 9.53 Å². The van der Waals surface area contributed by atoms with E-state index < -0.39 is 0 Å². The van der Waals surface area contributed by atoms with Gasteiger partial charge in [0.1, 0.15) is 14.5 Å². The number of benzene rings is 1. The molecule has 18 heavy (non-hydrogen) atoms. The first-order chi connectivity index (χ1) is 8.36. The maximum Gasteiger partial charge on any atom is 0.302 e. The third-order valence-electron chi connectivity index (χ3n) is 3.23. The first-order valence-electron chi connectivity index (χ1n) is 6.39. The van der Waals surface area contributed by atoms with Gasteiger partial charge in [0.05, 0.1) is 0 Å². The molecule has 3 heteroatoms. The topological polar surface area (TPSA) is 26.3 Å². The van der Waals surface area contributed by atoms with Gasteiger partial charge in [-0.2, -0.15) is 0 Å². The van der Waals surface area contributed by atoms with Crippen molar-refractivity contribution in [2.75, 3.05) is 0 Å². The molecular weight excluding hydrogens is 223 g/mol. The summed E-state index contributed by atoms with van der Waals surface area (Å²) in [5.74, 6) is -0.285. The highest BCUT2D eigenvalue weighted by molar-refractivity contribution is 6.33. The second-order valence-electron chi connectivity index (χ2n) is 5.33. The van der Waals surface area contributed by atoms with E-state index in [0.29, 0.717) is 5.46 Å². The van der Waals surface area contributed by atoms with E-state index in [0.717, 1.165) is 18.4 Å². The number of hydrogen-bond donors (Lipinski definition) is 0. The van der Waals surface area contributed by atoms with Crippen molar-refractivity contribution in [3.05, 3.63) is 29.3 Å². The van der Waals surface area contributed by atoms with Gasteiger partial charge in [-0.25, -0.2) is 0 Å². The number of esters is 1. The normalized spacial score (nSPS) is 11.3. The summed E-state index contributed by atoms with van der Waals surface area (Å²) in [5, 5.41) is 0. The van der Waals surface area contributed by atoms with E-state index in [1.165, 1.54) is 12.5 Å². The summed E-state index contributed by atoms with van der Waals surface area (Å²) >= 11 is 0. The van der Waals surface area contributed by atoms with Gasteiger partial charge in [0, 0.05) is 6.92 Å². The van der Waals surface area contributed by atoms with Gasteiger partial charge in [-0.3, -0.25) is 4.79 Å². The molecule has 2 radical (unpaired) electrons. The molecule has 0 aliphatic rings. The molecule has 0 aliphatic carbocycles. The Morgan fingerprint density at radius 2 is 2.06 bits per heavy atom. The van der Waals surface area contributed by atoms with Gasteiger partial charge in [0.25, 0.3) is 0 Å². The van der Waals surface area contributed by atoms with Crippen molar-refractivity contribution in [1.29, 1.82) is 0 Å². The highest BCUT2D eigenvalue weighted by atomic mass is 16.5. The fourth-order valence-corrected chi connectivity index (χ4v) is 2.10. The molecule has 0 saturated heterocycles. The molecule has 0 unspecified atom stereocenters. The molecule has 1 aromatic carbocycles. The minimum absolute atomic E-state index is 0.118. The molecule has 0 saturated carbocycles. The number of ether oxygens (including phenoxy) is 1. The fourth-order valence-electron chi connectivity index (χ4n) is 2.10. The van der Waals surface area contributed by atoms with Crippen molar-refractivity contribution in [2.45, 2.75) is 52.6 Å². The van der Waals surface area contributed by atoms with Crippen molar-refractivity contribution in [3.8, 4) is 0 Å². The van der Waals surface area contributed by atoms with Gasteiger partial charge in [0.2, 0.25) is 0 Å². The second-order valence-corrected chi connectivity index (χ2v) is 5.33. The van der Waals surface area contributed by atoms with E-state index in [9.17, 15) is 4.79 Å². The summed E-state index contributed by atoms with van der Waals surface area (Å²) in [6.45, 7) is 8.27. The molecule has 1 rings (SSSR count). The van der Waals surface area contributed by atoms with Crippen LogP contribution in [-0.2, 0) is 21.6 Å². The molecule has 0 aliphatic heterocycles. The van der Waals surface area contributed by atoms with Crippen LogP contribution in [0, 0.1) is 0 Å². The zero-order valence-electron chi connectivity index (χ0n) is 11.7. The highest BCUT2D eigenvalue weighted by Crippen LogP contribution is 2.28. The highest BCUT2D eigenvalue weighted by Gasteiger charge is 2.20. The van der Waals surface area contributed by atoms with Crippen LogP contribution in [0.3, 0.4) is 0 Å². The van der Waals surface area contributed by atoms with E-state index in [-0.39, 0.29) is 18.0 Å². The number of hydrogen-bond acceptors (Lipinski definition) is 2. The van der Waals surface area contributed by atoms with Crippen LogP contribution in [0.5, 0.6) is 0 Å². The van der Waals surface area contributed by atoms with Crippen LogP contribution in [0.2, 0.25) is 0 Å². The van der Waals surface area contributed by atoms with Crippen molar-refractivity contribution in [1.82, 2.24) is 0 Å². The minimum atomic E-state index is -0.285. The molecule has 0 amide bonds. The van der Waals surface area contributed by atoms with Crippen LogP contribution < -0.4 is 5.46 Å². The van der Waals surface area contributed by atoms with E-state index in [4.69, 9.17) is 12.6 Å². The first kappa shape index (κ1) is 14.8. The average Bonchev–Trinajstić information content (AvgIpc) is 2.27. The predicted molar refractivity (Wildman–Crippen MR) is 75.2 cm³/mol. The second kappa shape index (κ2) is 6.08. The summed E-state index contributed by atoms with van der Waals surface area (Å²) in [6.07, 6.45) is 2.25. The van der Waals surface area contributed by atoms with Crippen LogP contribution in [0.25, 0.3) is 0 Å². The van der Waals surface area contributed by atoms with Crippen LogP contribution in [-0.4, -0.2) is 13.8 Å². The molecule has 0 heterocycles. The summed E-state index contributed by atoms with van der Waals surface area (Å²) in [7, 11) is 5.90. The van der Waals surface area contributed by atoms with Crippen LogP contribution in [0.1, 0.15) is 51.7 Å². The van der Waals surface area contributed by atoms with E-state index in [2.05, 4.69) is 26.8 Å². The molecule has 0 bridgehead atoms. The molecule has 1 aromatic rings. The van der Waals surface area contributed by atoms with Gasteiger partial charge < -0.3 is 4.74 Å². The van der Waals surface area contributed by atoms with Crippen LogP contribution in [0.15, 0.2) is 18.2 Å². The lowest BCUT2D eigenvalue weighted by molar-refractivity contribution is -0.142. The van der Waals surface area contributed by atoms with E-state index >= 15 is 0 Å². The van der Waals surface area contributed by atoms with Gasteiger partial charge in [-0.15, -0.1) is 0 Å². The van der Waals surface area contributed by atoms with Gasteiger partial charge in [-0.1, -0.05) is 50.9 Å². The van der Waals surface area contributed by atoms with E-state index in [1.807, 2.05) is 12.1 Å². The molecule has 0 fully saturated rings. The largest absolute Gasteiger partial charge is 0.461 e. The lowest BCUT2D eigenvalue weighted by atomic mass is 9.78. The van der Waals surface area contributed by atoms with Gasteiger partial charge in [0.15, 0.2) is 0 Å². The number of carbonyl (C=O) groups is 1. The maximum absolute atomic E-state index is 10.8. The Morgan fingerprint density at radius 3 is 2.61 bits per heavy atom. The molecule has 96 valence electrons. The Labute approximate surface area is 111 Å². The van der Waals surface area contributed by atoms with Crippen molar-refractivity contribution >= 4 is 19.3 Å². The molecule has 2 nitrogen and oxygen atoms in total. The quantitative estimate of drug-likeness (QED) is 0.587. The molecule has 0 spiro atoms. The Hall–Kier alpha value is -1.25. The van der Waals surface area contributed by atoms with Gasteiger partial charge >= 0.3 is 5.97 Å². The summed E-state index contributed by atoms with van der Waals surface area (Å²) < 4.78 is 5.02. The van der Waals surface area contributed by atoms with Crippen molar-refractivity contribution in [2.24, 2.45) is 0 Å². The minimum Gasteiger partial charge on any atom is -0.461 e. The number of rotatable bonds is 5. The molecule has 0 N–H and O–H groups in total. The monoisotopic (exact) mass is 244 g/mol. The summed E-state index contributed by atoms with van der Waals surface area (Å²) in [6, 6.07) is 6.00. The number of carbonyl (C=O) groups excluding carboxylic acids is 1. The Balaban J connectivity index is 2.96. The third kappa shape index (κ3) is 3.90. The Kier molecular flexibility index (Phi) is 5.00. The zero-order chi connectivity index (χ0) is 13.8. The molecule has 0 aromatic heterocycles. The van der Waals surface area contributed by atoms with Crippen LogP contribution in [0.4, 0.5) is 0 Å². The first-order valence-corrected chi connectivity index (χ1v) is 6.39. The Bertz CT molecular complexity index is 425. The lowest BCUT2D eigenvalue weighted by Gasteiger charge is -2.26. The average molecular weight is 244 g/mol. The molecule has 0 atom stereocenters. The van der Waals surface area contributed by atoms with Gasteiger partial charge in [-0.05, 0) is 23.0 Å². The Morgan fingerprint density at radius 1 is 1.39 bits per heavy atom. The third-order valence-corrected chi connectivity index (χ3v) is 3.23. The summed E-state index contributed by atoms with van der Waals surface area (Å²) in [4.78, 5) is 10.8. The predicted octanol–water partition coefficient (Wildman–Crippen LogP) is 2.62. The molecular formula is C15H21BO2. The maximum atomic E-state index is 10.8. The summed E-state index contributed by atoms with van der Waals surface area (Å²) in [5.41, 5.74) is 2.91. The standard InChI is InChI=1S/C15H21BO2/c1-5-8-15(3,4)13-6-7-14(16)12(9-13)10-18-11(2)17/h6-7,9H,5,8,10H2,1-4H3. The lowest BCUT2D eigenvalue weighted by Crippen LogP contribution is -2.20. The van der Waals surface area contributed by atoms with E-state index in [1.54, 1.807) is 0 Å². The fraction of sp³-hybridized carbons (Fsp3) is 0.533. The van der Waals surface area contributed by atoms with Crippen molar-refractivity contribution in [3.63, 3.8) is 0 Å².